The lowest BCUT2D eigenvalue weighted by Crippen LogP contribution is -3.13. The van der Waals surface area contributed by atoms with E-state index in [-0.39, 0.29) is 5.91 Å². The predicted molar refractivity (Wildman–Crippen MR) is 96.8 cm³/mol. The lowest BCUT2D eigenvalue weighted by atomic mass is 10.1. The highest BCUT2D eigenvalue weighted by Gasteiger charge is 2.16. The van der Waals surface area contributed by atoms with E-state index >= 15 is 0 Å². The minimum absolute atomic E-state index is 0.129. The number of nitrogens with one attached hydrogen (secondary N) is 2. The number of hydrogen-bond acceptors (Lipinski definition) is 3. The molecule has 1 aromatic rings. The number of carbonyl (C=O) groups is 1. The molecule has 1 amide bonds. The molecule has 3 rings (SSSR count). The maximum atomic E-state index is 12.3. The molecule has 0 unspecified atom stereocenters. The van der Waals surface area contributed by atoms with Gasteiger partial charge in [0.1, 0.15) is 0 Å². The summed E-state index contributed by atoms with van der Waals surface area (Å²) in [6.07, 6.45) is 6.48. The van der Waals surface area contributed by atoms with Gasteiger partial charge in [0.15, 0.2) is 6.54 Å². The molecule has 2 aliphatic rings. The highest BCUT2D eigenvalue weighted by atomic mass is 16.5. The zero-order valence-corrected chi connectivity index (χ0v) is 14.6. The van der Waals surface area contributed by atoms with Crippen LogP contribution in [0, 0.1) is 0 Å². The first-order chi connectivity index (χ1) is 11.8. The monoisotopic (exact) mass is 332 g/mol. The van der Waals surface area contributed by atoms with Crippen LogP contribution in [0.25, 0.3) is 0 Å². The van der Waals surface area contributed by atoms with Crippen molar-refractivity contribution in [2.24, 2.45) is 0 Å². The van der Waals surface area contributed by atoms with Crippen molar-refractivity contribution in [2.75, 3.05) is 56.2 Å². The number of anilines is 2. The van der Waals surface area contributed by atoms with Gasteiger partial charge in [-0.25, -0.2) is 0 Å². The van der Waals surface area contributed by atoms with E-state index in [0.29, 0.717) is 6.54 Å². The third-order valence-corrected chi connectivity index (χ3v) is 5.00. The largest absolute Gasteiger partial charge is 0.378 e. The fourth-order valence-corrected chi connectivity index (χ4v) is 3.59. The summed E-state index contributed by atoms with van der Waals surface area (Å²) >= 11 is 0. The topological polar surface area (TPSA) is 46.0 Å². The second kappa shape index (κ2) is 9.04. The Bertz CT molecular complexity index is 504. The molecule has 0 bridgehead atoms. The van der Waals surface area contributed by atoms with Crippen molar-refractivity contribution < 1.29 is 14.4 Å². The number of benzene rings is 1. The first kappa shape index (κ1) is 17.2. The first-order valence-electron chi connectivity index (χ1n) is 9.37. The molecule has 0 aliphatic carbocycles. The van der Waals surface area contributed by atoms with E-state index in [9.17, 15) is 4.79 Å². The van der Waals surface area contributed by atoms with Gasteiger partial charge in [-0.2, -0.15) is 0 Å². The van der Waals surface area contributed by atoms with Gasteiger partial charge in [0.05, 0.1) is 26.3 Å². The minimum atomic E-state index is 0.129. The summed E-state index contributed by atoms with van der Waals surface area (Å²) in [7, 11) is 0. The molecule has 0 spiro atoms. The van der Waals surface area contributed by atoms with Gasteiger partial charge >= 0.3 is 0 Å². The Kier molecular flexibility index (Phi) is 6.49. The number of likely N-dealkylation sites (tertiary alicyclic amines) is 1. The minimum Gasteiger partial charge on any atom is -0.378 e. The molecule has 0 aromatic heterocycles. The summed E-state index contributed by atoms with van der Waals surface area (Å²) in [5.74, 6) is 0.129. The van der Waals surface area contributed by atoms with Crippen molar-refractivity contribution in [3.8, 4) is 0 Å². The van der Waals surface area contributed by atoms with Crippen LogP contribution in [0.4, 0.5) is 11.4 Å². The molecule has 132 valence electrons. The van der Waals surface area contributed by atoms with Crippen LogP contribution in [0.1, 0.15) is 32.1 Å². The zero-order valence-electron chi connectivity index (χ0n) is 14.6. The molecule has 2 N–H and O–H groups in total. The number of carbonyl (C=O) groups excluding carboxylic acids is 1. The van der Waals surface area contributed by atoms with E-state index in [1.165, 1.54) is 42.7 Å². The van der Waals surface area contributed by atoms with Crippen molar-refractivity contribution in [2.45, 2.75) is 32.1 Å². The van der Waals surface area contributed by atoms with Crippen molar-refractivity contribution in [1.29, 1.82) is 0 Å². The lowest BCUT2D eigenvalue weighted by molar-refractivity contribution is -0.892. The van der Waals surface area contributed by atoms with Crippen LogP contribution in [-0.2, 0) is 9.53 Å². The molecule has 2 fully saturated rings. The van der Waals surface area contributed by atoms with Gasteiger partial charge in [0, 0.05) is 24.5 Å². The number of nitrogens with zero attached hydrogens (tertiary/aromatic N) is 1. The van der Waals surface area contributed by atoms with Gasteiger partial charge in [-0.15, -0.1) is 0 Å². The Morgan fingerprint density at radius 3 is 2.29 bits per heavy atom. The van der Waals surface area contributed by atoms with Gasteiger partial charge in [-0.1, -0.05) is 6.42 Å². The molecule has 0 saturated carbocycles. The summed E-state index contributed by atoms with van der Waals surface area (Å²) in [5.41, 5.74) is 2.09. The Morgan fingerprint density at radius 1 is 1.00 bits per heavy atom. The smallest absolute Gasteiger partial charge is 0.279 e. The standard InChI is InChI=1S/C19H29N3O2/c23-19(16-21-10-4-2-1-3-5-11-21)20-17-6-8-18(9-7-17)22-12-14-24-15-13-22/h6-9H,1-5,10-16H2,(H,20,23)/p+1. The van der Waals surface area contributed by atoms with Crippen molar-refractivity contribution >= 4 is 17.3 Å². The third kappa shape index (κ3) is 5.21. The second-order valence-corrected chi connectivity index (χ2v) is 6.89. The van der Waals surface area contributed by atoms with Crippen molar-refractivity contribution in [3.05, 3.63) is 24.3 Å². The highest BCUT2D eigenvalue weighted by Crippen LogP contribution is 2.18. The van der Waals surface area contributed by atoms with E-state index < -0.39 is 0 Å². The SMILES string of the molecule is O=C(C[NH+]1CCCCCCC1)Nc1ccc(N2CCOCC2)cc1. The maximum Gasteiger partial charge on any atom is 0.279 e. The molecule has 0 atom stereocenters. The molecule has 5 nitrogen and oxygen atoms in total. The zero-order chi connectivity index (χ0) is 16.6. The molecule has 2 saturated heterocycles. The molecule has 2 aliphatic heterocycles. The molecule has 1 aromatic carbocycles. The normalized spacial score (nSPS) is 20.2. The molecule has 2 heterocycles. The van der Waals surface area contributed by atoms with Crippen LogP contribution in [0.3, 0.4) is 0 Å². The highest BCUT2D eigenvalue weighted by molar-refractivity contribution is 5.91. The van der Waals surface area contributed by atoms with Gasteiger partial charge in [-0.05, 0) is 49.9 Å². The fourth-order valence-electron chi connectivity index (χ4n) is 3.59. The second-order valence-electron chi connectivity index (χ2n) is 6.89. The van der Waals surface area contributed by atoms with Crippen LogP contribution in [0.15, 0.2) is 24.3 Å². The lowest BCUT2D eigenvalue weighted by Gasteiger charge is -2.28. The Labute approximate surface area is 145 Å². The van der Waals surface area contributed by atoms with E-state index in [4.69, 9.17) is 4.74 Å². The molecule has 5 heteroatoms. The Balaban J connectivity index is 1.48. The maximum absolute atomic E-state index is 12.3. The van der Waals surface area contributed by atoms with Crippen LogP contribution in [0.5, 0.6) is 0 Å². The van der Waals surface area contributed by atoms with Crippen LogP contribution >= 0.6 is 0 Å². The van der Waals surface area contributed by atoms with Crippen LogP contribution < -0.4 is 15.1 Å². The van der Waals surface area contributed by atoms with Gasteiger partial charge in [0.2, 0.25) is 0 Å². The van der Waals surface area contributed by atoms with E-state index in [0.717, 1.165) is 45.1 Å². The average molecular weight is 332 g/mol. The first-order valence-corrected chi connectivity index (χ1v) is 9.37. The number of ether oxygens (including phenoxy) is 1. The fraction of sp³-hybridized carbons (Fsp3) is 0.632. The molecular formula is C19H30N3O2+. The van der Waals surface area contributed by atoms with E-state index in [1.807, 2.05) is 12.1 Å². The summed E-state index contributed by atoms with van der Waals surface area (Å²) in [5, 5.41) is 3.05. The quantitative estimate of drug-likeness (QED) is 0.874. The van der Waals surface area contributed by atoms with E-state index in [1.54, 1.807) is 0 Å². The average Bonchev–Trinajstić information content (AvgIpc) is 2.59. The summed E-state index contributed by atoms with van der Waals surface area (Å²) in [6.45, 7) is 6.29. The van der Waals surface area contributed by atoms with Crippen LogP contribution in [0.2, 0.25) is 0 Å². The molecular weight excluding hydrogens is 302 g/mol. The van der Waals surface area contributed by atoms with Gasteiger partial charge in [-0.3, -0.25) is 4.79 Å². The number of quaternary nitrogens is 1. The van der Waals surface area contributed by atoms with E-state index in [2.05, 4.69) is 22.3 Å². The Morgan fingerprint density at radius 2 is 1.62 bits per heavy atom. The summed E-state index contributed by atoms with van der Waals surface area (Å²) < 4.78 is 5.39. The van der Waals surface area contributed by atoms with Crippen LogP contribution in [-0.4, -0.2) is 51.8 Å². The number of hydrogen-bond donors (Lipinski definition) is 2. The number of morpholine rings is 1. The van der Waals surface area contributed by atoms with Crippen molar-refractivity contribution in [3.63, 3.8) is 0 Å². The van der Waals surface area contributed by atoms with Gasteiger partial charge < -0.3 is 19.9 Å². The number of amides is 1. The molecule has 24 heavy (non-hydrogen) atoms. The number of rotatable bonds is 4. The predicted octanol–water partition coefficient (Wildman–Crippen LogP) is 1.31. The third-order valence-electron chi connectivity index (χ3n) is 5.00. The van der Waals surface area contributed by atoms with Gasteiger partial charge in [0.25, 0.3) is 5.91 Å². The van der Waals surface area contributed by atoms with Crippen molar-refractivity contribution in [1.82, 2.24) is 0 Å². The molecule has 0 radical (unpaired) electrons. The Hall–Kier alpha value is -1.59. The summed E-state index contributed by atoms with van der Waals surface area (Å²) in [4.78, 5) is 16.1. The summed E-state index contributed by atoms with van der Waals surface area (Å²) in [6, 6.07) is 8.19.